The topological polar surface area (TPSA) is 26.3 Å². The summed E-state index contributed by atoms with van der Waals surface area (Å²) in [6, 6.07) is 5.44. The average Bonchev–Trinajstić information content (AvgIpc) is 2.20. The van der Waals surface area contributed by atoms with Crippen molar-refractivity contribution in [2.45, 2.75) is 13.8 Å². The van der Waals surface area contributed by atoms with Gasteiger partial charge in [-0.25, -0.2) is 9.18 Å². The molecule has 13 heavy (non-hydrogen) atoms. The molecule has 0 saturated heterocycles. The van der Waals surface area contributed by atoms with Gasteiger partial charge in [-0.3, -0.25) is 0 Å². The van der Waals surface area contributed by atoms with Crippen LogP contribution in [0.3, 0.4) is 0 Å². The first-order chi connectivity index (χ1) is 6.25. The molecule has 0 atom stereocenters. The van der Waals surface area contributed by atoms with E-state index in [0.29, 0.717) is 0 Å². The number of halogens is 2. The molecular formula is C9H10ClFO2. The van der Waals surface area contributed by atoms with Gasteiger partial charge < -0.3 is 4.29 Å². The highest BCUT2D eigenvalue weighted by molar-refractivity contribution is 6.15. The van der Waals surface area contributed by atoms with E-state index < -0.39 is 11.8 Å². The number of hydrogen-bond donors (Lipinski definition) is 0. The monoisotopic (exact) mass is 204 g/mol. The Morgan fingerprint density at radius 1 is 1.38 bits per heavy atom. The van der Waals surface area contributed by atoms with Gasteiger partial charge in [-0.1, -0.05) is 26.0 Å². The van der Waals surface area contributed by atoms with Crippen molar-refractivity contribution in [1.29, 1.82) is 0 Å². The van der Waals surface area contributed by atoms with E-state index in [1.807, 2.05) is 13.8 Å². The zero-order valence-corrected chi connectivity index (χ0v) is 8.14. The van der Waals surface area contributed by atoms with Gasteiger partial charge in [0.25, 0.3) is 0 Å². The number of rotatable bonds is 1. The highest BCUT2D eigenvalue weighted by Gasteiger charge is 2.10. The maximum absolute atomic E-state index is 12.7. The van der Waals surface area contributed by atoms with Crippen LogP contribution in [-0.4, -0.2) is 5.97 Å². The number of carbonyl (C=O) groups excluding carboxylic acids is 1. The Morgan fingerprint density at radius 3 is 2.38 bits per heavy atom. The van der Waals surface area contributed by atoms with Gasteiger partial charge in [-0.15, -0.1) is 0 Å². The van der Waals surface area contributed by atoms with Crippen LogP contribution in [-0.2, 0) is 4.29 Å². The molecule has 0 heterocycles. The normalized spacial score (nSPS) is 8.31. The first-order valence-electron chi connectivity index (χ1n) is 3.83. The molecule has 0 aliphatic rings. The average molecular weight is 205 g/mol. The van der Waals surface area contributed by atoms with Crippen molar-refractivity contribution in [3.8, 4) is 0 Å². The quantitative estimate of drug-likeness (QED) is 0.703. The second kappa shape index (κ2) is 6.43. The fourth-order valence-electron chi connectivity index (χ4n) is 0.668. The molecule has 1 rings (SSSR count). The summed E-state index contributed by atoms with van der Waals surface area (Å²) >= 11 is 4.74. The minimum absolute atomic E-state index is 0.164. The van der Waals surface area contributed by atoms with Gasteiger partial charge in [-0.2, -0.15) is 0 Å². The maximum Gasteiger partial charge on any atom is 0.359 e. The second-order valence-corrected chi connectivity index (χ2v) is 2.00. The highest BCUT2D eigenvalue weighted by Crippen LogP contribution is 2.08. The Labute approximate surface area is 81.4 Å². The van der Waals surface area contributed by atoms with Crippen LogP contribution < -0.4 is 0 Å². The molecule has 0 spiro atoms. The fraction of sp³-hybridized carbons (Fsp3) is 0.222. The Balaban J connectivity index is 0.000000671. The van der Waals surface area contributed by atoms with Gasteiger partial charge >= 0.3 is 5.97 Å². The van der Waals surface area contributed by atoms with E-state index in [4.69, 9.17) is 11.9 Å². The predicted octanol–water partition coefficient (Wildman–Crippen LogP) is 3.16. The molecule has 2 nitrogen and oxygen atoms in total. The third kappa shape index (κ3) is 3.42. The molecule has 0 saturated carbocycles. The van der Waals surface area contributed by atoms with Crippen molar-refractivity contribution in [2.24, 2.45) is 0 Å². The van der Waals surface area contributed by atoms with Crippen molar-refractivity contribution in [2.75, 3.05) is 0 Å². The SMILES string of the molecule is CC.O=C(OCl)c1ccccc1F. The van der Waals surface area contributed by atoms with Gasteiger partial charge in [0, 0.05) is 0 Å². The Bertz CT molecular complexity index is 276. The molecule has 72 valence electrons. The number of carbonyl (C=O) groups is 1. The van der Waals surface area contributed by atoms with Gasteiger partial charge in [-0.05, 0) is 12.1 Å². The zero-order valence-electron chi connectivity index (χ0n) is 7.38. The van der Waals surface area contributed by atoms with Crippen LogP contribution in [0.1, 0.15) is 24.2 Å². The van der Waals surface area contributed by atoms with Crippen molar-refractivity contribution in [1.82, 2.24) is 0 Å². The third-order valence-electron chi connectivity index (χ3n) is 1.16. The van der Waals surface area contributed by atoms with Crippen LogP contribution in [0.2, 0.25) is 0 Å². The lowest BCUT2D eigenvalue weighted by atomic mass is 10.2. The third-order valence-corrected chi connectivity index (χ3v) is 1.30. The van der Waals surface area contributed by atoms with E-state index in [0.717, 1.165) is 6.07 Å². The lowest BCUT2D eigenvalue weighted by molar-refractivity contribution is 0.0746. The van der Waals surface area contributed by atoms with Crippen LogP contribution >= 0.6 is 11.9 Å². The van der Waals surface area contributed by atoms with E-state index >= 15 is 0 Å². The van der Waals surface area contributed by atoms with Gasteiger partial charge in [0.1, 0.15) is 17.7 Å². The molecule has 0 aromatic heterocycles. The van der Waals surface area contributed by atoms with Crippen molar-refractivity contribution < 1.29 is 13.5 Å². The summed E-state index contributed by atoms with van der Waals surface area (Å²) < 4.78 is 16.5. The van der Waals surface area contributed by atoms with Gasteiger partial charge in [0.15, 0.2) is 0 Å². The highest BCUT2D eigenvalue weighted by atomic mass is 35.5. The summed E-state index contributed by atoms with van der Waals surface area (Å²) in [6.07, 6.45) is 0. The zero-order chi connectivity index (χ0) is 10.3. The smallest absolute Gasteiger partial charge is 0.343 e. The van der Waals surface area contributed by atoms with Crippen molar-refractivity contribution in [3.05, 3.63) is 35.6 Å². The Hall–Kier alpha value is -1.09. The Kier molecular flexibility index (Phi) is 5.89. The van der Waals surface area contributed by atoms with Gasteiger partial charge in [0.05, 0.1) is 5.56 Å². The molecule has 0 radical (unpaired) electrons. The van der Waals surface area contributed by atoms with E-state index in [-0.39, 0.29) is 5.56 Å². The van der Waals surface area contributed by atoms with E-state index in [9.17, 15) is 9.18 Å². The first-order valence-corrected chi connectivity index (χ1v) is 4.14. The summed E-state index contributed by atoms with van der Waals surface area (Å²) in [7, 11) is 0. The van der Waals surface area contributed by atoms with Crippen LogP contribution in [0.4, 0.5) is 4.39 Å². The predicted molar refractivity (Wildman–Crippen MR) is 49.0 cm³/mol. The van der Waals surface area contributed by atoms with E-state index in [1.165, 1.54) is 18.2 Å². The standard InChI is InChI=1S/C7H4ClFO2.C2H6/c8-11-7(10)5-3-1-2-4-6(5)9;1-2/h1-4H;1-2H3. The largest absolute Gasteiger partial charge is 0.359 e. The van der Waals surface area contributed by atoms with Gasteiger partial charge in [0.2, 0.25) is 0 Å². The first kappa shape index (κ1) is 11.9. The Morgan fingerprint density at radius 2 is 1.92 bits per heavy atom. The van der Waals surface area contributed by atoms with Crippen LogP contribution in [0, 0.1) is 5.82 Å². The number of benzene rings is 1. The second-order valence-electron chi connectivity index (χ2n) is 1.84. The molecule has 0 amide bonds. The summed E-state index contributed by atoms with van der Waals surface area (Å²) in [4.78, 5) is 10.6. The van der Waals surface area contributed by atoms with Crippen LogP contribution in [0.25, 0.3) is 0 Å². The molecule has 0 fully saturated rings. The van der Waals surface area contributed by atoms with Crippen LogP contribution in [0.15, 0.2) is 24.3 Å². The minimum atomic E-state index is -0.884. The van der Waals surface area contributed by atoms with Crippen LogP contribution in [0.5, 0.6) is 0 Å². The molecule has 0 aliphatic heterocycles. The number of hydrogen-bond acceptors (Lipinski definition) is 2. The fourth-order valence-corrected chi connectivity index (χ4v) is 0.751. The summed E-state index contributed by atoms with van der Waals surface area (Å²) in [6.45, 7) is 4.00. The molecule has 0 aliphatic carbocycles. The minimum Gasteiger partial charge on any atom is -0.343 e. The molecule has 1 aromatic carbocycles. The van der Waals surface area contributed by atoms with E-state index in [2.05, 4.69) is 4.29 Å². The lowest BCUT2D eigenvalue weighted by Crippen LogP contribution is -2.00. The molecule has 0 bridgehead atoms. The molecule has 0 unspecified atom stereocenters. The van der Waals surface area contributed by atoms with Crippen molar-refractivity contribution in [3.63, 3.8) is 0 Å². The molecule has 1 aromatic rings. The van der Waals surface area contributed by atoms with E-state index in [1.54, 1.807) is 0 Å². The van der Waals surface area contributed by atoms with Crippen molar-refractivity contribution >= 4 is 17.8 Å². The molecular weight excluding hydrogens is 195 g/mol. The summed E-state index contributed by atoms with van der Waals surface area (Å²) in [5.74, 6) is -1.53. The molecule has 4 heteroatoms. The summed E-state index contributed by atoms with van der Waals surface area (Å²) in [5.41, 5.74) is -0.164. The lowest BCUT2D eigenvalue weighted by Gasteiger charge is -1.95. The maximum atomic E-state index is 12.7. The summed E-state index contributed by atoms with van der Waals surface area (Å²) in [5, 5.41) is 0. The molecule has 0 N–H and O–H groups in total.